The van der Waals surface area contributed by atoms with Gasteiger partial charge in [0.15, 0.2) is 6.10 Å². The third-order valence-corrected chi connectivity index (χ3v) is 6.14. The minimum absolute atomic E-state index is 0.103. The van der Waals surface area contributed by atoms with Crippen LogP contribution in [0.4, 0.5) is 5.69 Å². The average molecular weight is 421 g/mol. The van der Waals surface area contributed by atoms with Gasteiger partial charge in [0, 0.05) is 6.07 Å². The van der Waals surface area contributed by atoms with Gasteiger partial charge in [-0.25, -0.2) is 13.1 Å². The first-order valence-electron chi connectivity index (χ1n) is 9.19. The topological polar surface area (TPSA) is 128 Å². The number of nitrogens with zero attached hydrogens (tertiary/aromatic N) is 1. The van der Waals surface area contributed by atoms with Gasteiger partial charge in [-0.05, 0) is 37.8 Å². The van der Waals surface area contributed by atoms with E-state index in [-0.39, 0.29) is 33.8 Å². The highest BCUT2D eigenvalue weighted by Gasteiger charge is 2.33. The zero-order valence-electron chi connectivity index (χ0n) is 16.8. The Hall–Kier alpha value is -2.88. The maximum absolute atomic E-state index is 12.9. The third kappa shape index (κ3) is 3.84. The molecule has 1 atom stereocenters. The van der Waals surface area contributed by atoms with Crippen LogP contribution in [0.1, 0.15) is 48.1 Å². The van der Waals surface area contributed by atoms with Gasteiger partial charge >= 0.3 is 0 Å². The lowest BCUT2D eigenvalue weighted by atomic mass is 10.0. The van der Waals surface area contributed by atoms with E-state index in [2.05, 4.69) is 15.2 Å². The van der Waals surface area contributed by atoms with Crippen LogP contribution in [0.3, 0.4) is 0 Å². The molecule has 3 rings (SSSR count). The van der Waals surface area contributed by atoms with Crippen molar-refractivity contribution in [1.82, 2.24) is 9.88 Å². The number of fused-ring (bicyclic) bond motifs is 1. The summed E-state index contributed by atoms with van der Waals surface area (Å²) in [6.45, 7) is 8.55. The fourth-order valence-electron chi connectivity index (χ4n) is 3.17. The van der Waals surface area contributed by atoms with Crippen LogP contribution < -0.4 is 14.8 Å². The zero-order chi connectivity index (χ0) is 21.5. The van der Waals surface area contributed by atoms with Gasteiger partial charge in [-0.2, -0.15) is 0 Å². The van der Waals surface area contributed by atoms with Gasteiger partial charge < -0.3 is 14.6 Å². The van der Waals surface area contributed by atoms with Gasteiger partial charge in [0.25, 0.3) is 21.8 Å². The van der Waals surface area contributed by atoms with Crippen molar-refractivity contribution >= 4 is 27.5 Å². The Morgan fingerprint density at radius 3 is 2.62 bits per heavy atom. The van der Waals surface area contributed by atoms with Crippen LogP contribution in [0.25, 0.3) is 0 Å². The number of carbonyl (C=O) groups is 2. The molecular formula is C19H23N3O6S. The highest BCUT2D eigenvalue weighted by Crippen LogP contribution is 2.35. The molecule has 0 fully saturated rings. The maximum atomic E-state index is 12.9. The van der Waals surface area contributed by atoms with E-state index in [4.69, 9.17) is 9.26 Å². The molecule has 1 aliphatic rings. The number of aryl methyl sites for hydroxylation is 3. The highest BCUT2D eigenvalue weighted by molar-refractivity contribution is 7.90. The van der Waals surface area contributed by atoms with Crippen LogP contribution in [0.15, 0.2) is 21.6 Å². The number of aromatic nitrogens is 1. The number of sulfonamides is 1. The Morgan fingerprint density at radius 2 is 2.00 bits per heavy atom. The van der Waals surface area contributed by atoms with Crippen LogP contribution in [0, 0.1) is 19.8 Å². The summed E-state index contributed by atoms with van der Waals surface area (Å²) in [6, 6.07) is 2.82. The Bertz CT molecular complexity index is 1090. The Kier molecular flexibility index (Phi) is 5.40. The fourth-order valence-corrected chi connectivity index (χ4v) is 4.37. The molecule has 29 heavy (non-hydrogen) atoms. The van der Waals surface area contributed by atoms with Gasteiger partial charge in [0.1, 0.15) is 17.1 Å². The van der Waals surface area contributed by atoms with Crippen molar-refractivity contribution in [2.45, 2.75) is 52.0 Å². The molecule has 0 bridgehead atoms. The molecule has 156 valence electrons. The molecule has 0 radical (unpaired) electrons. The number of amides is 2. The molecule has 1 aliphatic heterocycles. The number of benzene rings is 1. The lowest BCUT2D eigenvalue weighted by molar-refractivity contribution is -0.125. The van der Waals surface area contributed by atoms with E-state index in [9.17, 15) is 18.0 Å². The number of anilines is 1. The summed E-state index contributed by atoms with van der Waals surface area (Å²) >= 11 is 0. The molecule has 0 aliphatic carbocycles. The van der Waals surface area contributed by atoms with Crippen molar-refractivity contribution in [1.29, 1.82) is 0 Å². The van der Waals surface area contributed by atoms with Crippen LogP contribution in [0.5, 0.6) is 5.75 Å². The summed E-state index contributed by atoms with van der Waals surface area (Å²) < 4.78 is 38.6. The normalized spacial score (nSPS) is 16.2. The summed E-state index contributed by atoms with van der Waals surface area (Å²) in [4.78, 5) is 24.6. The second-order valence-electron chi connectivity index (χ2n) is 7.23. The SMILES string of the molecule is CCc1noc(C)c1C(=O)NS(=O)(=O)c1cc2c(cc1C)NC(=O)C(C(C)C)O2. The second-order valence-corrected chi connectivity index (χ2v) is 8.89. The molecule has 0 saturated carbocycles. The van der Waals surface area contributed by atoms with Crippen molar-refractivity contribution in [3.05, 3.63) is 34.7 Å². The molecule has 10 heteroatoms. The molecule has 1 aromatic carbocycles. The van der Waals surface area contributed by atoms with Gasteiger partial charge in [0.05, 0.1) is 16.3 Å². The molecule has 0 spiro atoms. The zero-order valence-corrected chi connectivity index (χ0v) is 17.6. The van der Waals surface area contributed by atoms with Crippen molar-refractivity contribution in [3.8, 4) is 5.75 Å². The van der Waals surface area contributed by atoms with E-state index in [1.165, 1.54) is 12.1 Å². The standard InChI is InChI=1S/C19H23N3O6S/c1-6-12-16(11(5)28-21-12)18(23)22-29(25,26)15-8-14-13(7-10(15)4)20-19(24)17(27-14)9(2)3/h7-9,17H,6H2,1-5H3,(H,20,24)(H,22,23). The molecule has 1 aromatic heterocycles. The smallest absolute Gasteiger partial charge is 0.270 e. The molecule has 1 unspecified atom stereocenters. The molecule has 0 saturated heterocycles. The van der Waals surface area contributed by atoms with Crippen molar-refractivity contribution in [2.75, 3.05) is 5.32 Å². The van der Waals surface area contributed by atoms with E-state index in [1.807, 2.05) is 13.8 Å². The third-order valence-electron chi connectivity index (χ3n) is 4.66. The monoisotopic (exact) mass is 421 g/mol. The molecule has 2 heterocycles. The molecule has 2 amide bonds. The Labute approximate surface area is 168 Å². The van der Waals surface area contributed by atoms with Gasteiger partial charge in [0.2, 0.25) is 0 Å². The number of carbonyl (C=O) groups excluding carboxylic acids is 2. The number of hydrogen-bond acceptors (Lipinski definition) is 7. The molecular weight excluding hydrogens is 398 g/mol. The summed E-state index contributed by atoms with van der Waals surface area (Å²) in [6.07, 6.45) is -0.315. The van der Waals surface area contributed by atoms with Gasteiger partial charge in [-0.15, -0.1) is 0 Å². The van der Waals surface area contributed by atoms with Gasteiger partial charge in [-0.3, -0.25) is 9.59 Å². The quantitative estimate of drug-likeness (QED) is 0.758. The number of hydrogen-bond donors (Lipinski definition) is 2. The Morgan fingerprint density at radius 1 is 1.31 bits per heavy atom. The highest BCUT2D eigenvalue weighted by atomic mass is 32.2. The van der Waals surface area contributed by atoms with E-state index >= 15 is 0 Å². The number of ether oxygens (including phenoxy) is 1. The number of rotatable bonds is 5. The lowest BCUT2D eigenvalue weighted by Crippen LogP contribution is -2.40. The van der Waals surface area contributed by atoms with E-state index in [1.54, 1.807) is 20.8 Å². The lowest BCUT2D eigenvalue weighted by Gasteiger charge is -2.29. The van der Waals surface area contributed by atoms with Gasteiger partial charge in [-0.1, -0.05) is 25.9 Å². The number of nitrogens with one attached hydrogen (secondary N) is 2. The minimum Gasteiger partial charge on any atom is -0.478 e. The van der Waals surface area contributed by atoms with Crippen molar-refractivity contribution in [2.24, 2.45) is 5.92 Å². The summed E-state index contributed by atoms with van der Waals surface area (Å²) in [5.41, 5.74) is 1.23. The van der Waals surface area contributed by atoms with E-state index in [0.717, 1.165) is 0 Å². The molecule has 2 N–H and O–H groups in total. The molecule has 2 aromatic rings. The predicted octanol–water partition coefficient (Wildman–Crippen LogP) is 2.33. The minimum atomic E-state index is -4.20. The van der Waals surface area contributed by atoms with E-state index < -0.39 is 22.0 Å². The predicted molar refractivity (Wildman–Crippen MR) is 104 cm³/mol. The van der Waals surface area contributed by atoms with Crippen molar-refractivity contribution in [3.63, 3.8) is 0 Å². The first-order chi connectivity index (χ1) is 13.5. The molecule has 9 nitrogen and oxygen atoms in total. The largest absolute Gasteiger partial charge is 0.478 e. The van der Waals surface area contributed by atoms with Crippen LogP contribution in [-0.2, 0) is 21.2 Å². The Balaban J connectivity index is 1.95. The fraction of sp³-hybridized carbons (Fsp3) is 0.421. The van der Waals surface area contributed by atoms with Crippen molar-refractivity contribution < 1.29 is 27.3 Å². The first kappa shape index (κ1) is 20.8. The average Bonchev–Trinajstić information content (AvgIpc) is 3.00. The first-order valence-corrected chi connectivity index (χ1v) is 10.7. The van der Waals surface area contributed by atoms with Crippen LogP contribution in [0.2, 0.25) is 0 Å². The summed E-state index contributed by atoms with van der Waals surface area (Å²) in [5, 5.41) is 6.50. The summed E-state index contributed by atoms with van der Waals surface area (Å²) in [5.74, 6) is -0.731. The second kappa shape index (κ2) is 7.51. The maximum Gasteiger partial charge on any atom is 0.270 e. The van der Waals surface area contributed by atoms with E-state index in [0.29, 0.717) is 23.4 Å². The van der Waals surface area contributed by atoms with Crippen LogP contribution >= 0.6 is 0 Å². The van der Waals surface area contributed by atoms with Crippen LogP contribution in [-0.4, -0.2) is 31.5 Å². The summed E-state index contributed by atoms with van der Waals surface area (Å²) in [7, 11) is -4.20.